The van der Waals surface area contributed by atoms with Gasteiger partial charge in [0.15, 0.2) is 0 Å². The molecule has 1 aromatic rings. The predicted octanol–water partition coefficient (Wildman–Crippen LogP) is 4.01. The van der Waals surface area contributed by atoms with Crippen molar-refractivity contribution in [3.8, 4) is 0 Å². The van der Waals surface area contributed by atoms with Crippen molar-refractivity contribution in [2.75, 3.05) is 6.54 Å². The molecule has 0 radical (unpaired) electrons. The van der Waals surface area contributed by atoms with Crippen LogP contribution in [0, 0.1) is 0 Å². The van der Waals surface area contributed by atoms with Crippen LogP contribution in [0.15, 0.2) is 29.4 Å². The fraction of sp³-hybridized carbons (Fsp3) is 0.533. The summed E-state index contributed by atoms with van der Waals surface area (Å²) in [5, 5.41) is 0. The van der Waals surface area contributed by atoms with Crippen molar-refractivity contribution in [2.24, 2.45) is 0 Å². The van der Waals surface area contributed by atoms with Gasteiger partial charge in [-0.05, 0) is 55.6 Å². The zero-order valence-electron chi connectivity index (χ0n) is 11.8. The van der Waals surface area contributed by atoms with Gasteiger partial charge in [-0.15, -0.1) is 6.58 Å². The molecule has 4 heteroatoms. The number of hydrogen-bond acceptors (Lipinski definition) is 1. The summed E-state index contributed by atoms with van der Waals surface area (Å²) < 4.78 is 3.07. The number of nitrogens with zero attached hydrogens (tertiary/aromatic N) is 2. The van der Waals surface area contributed by atoms with Gasteiger partial charge in [-0.1, -0.05) is 6.08 Å². The molecule has 1 heterocycles. The molecule has 1 amide bonds. The first kappa shape index (κ1) is 14.4. The van der Waals surface area contributed by atoms with E-state index in [1.165, 1.54) is 12.8 Å². The summed E-state index contributed by atoms with van der Waals surface area (Å²) in [5.74, 6) is 0.0741. The third-order valence-corrected chi connectivity index (χ3v) is 3.77. The third kappa shape index (κ3) is 3.11. The second-order valence-corrected chi connectivity index (χ2v) is 6.97. The topological polar surface area (TPSA) is 25.2 Å². The molecule has 0 atom stereocenters. The summed E-state index contributed by atoms with van der Waals surface area (Å²) in [6.45, 7) is 10.5. The molecule has 3 nitrogen and oxygen atoms in total. The van der Waals surface area contributed by atoms with Crippen molar-refractivity contribution in [1.29, 1.82) is 0 Å². The second-order valence-electron chi connectivity index (χ2n) is 6.06. The summed E-state index contributed by atoms with van der Waals surface area (Å²) >= 11 is 3.47. The van der Waals surface area contributed by atoms with Crippen molar-refractivity contribution in [2.45, 2.75) is 45.2 Å². The Morgan fingerprint density at radius 2 is 2.21 bits per heavy atom. The molecule has 0 saturated heterocycles. The largest absolute Gasteiger partial charge is 0.339 e. The molecule has 1 aliphatic rings. The maximum absolute atomic E-state index is 12.8. The Balaban J connectivity index is 2.33. The number of amides is 1. The van der Waals surface area contributed by atoms with Crippen molar-refractivity contribution >= 4 is 21.8 Å². The van der Waals surface area contributed by atoms with Crippen molar-refractivity contribution in [3.05, 3.63) is 35.1 Å². The molecular weight excluding hydrogens is 304 g/mol. The van der Waals surface area contributed by atoms with Crippen LogP contribution in [0.3, 0.4) is 0 Å². The Morgan fingerprint density at radius 3 is 2.68 bits per heavy atom. The lowest BCUT2D eigenvalue weighted by atomic mass is 10.1. The van der Waals surface area contributed by atoms with Crippen molar-refractivity contribution < 1.29 is 4.79 Å². The molecule has 0 unspecified atom stereocenters. The van der Waals surface area contributed by atoms with Crippen LogP contribution in [0.2, 0.25) is 0 Å². The first-order chi connectivity index (χ1) is 8.84. The normalized spacial score (nSPS) is 15.4. The highest BCUT2D eigenvalue weighted by molar-refractivity contribution is 9.10. The van der Waals surface area contributed by atoms with E-state index >= 15 is 0 Å². The molecule has 1 saturated carbocycles. The summed E-state index contributed by atoms with van der Waals surface area (Å²) in [5.41, 5.74) is 0.558. The average molecular weight is 325 g/mol. The van der Waals surface area contributed by atoms with Crippen LogP contribution in [0.25, 0.3) is 0 Å². The first-order valence-corrected chi connectivity index (χ1v) is 7.44. The molecule has 1 aromatic heterocycles. The minimum atomic E-state index is -0.212. The maximum Gasteiger partial charge on any atom is 0.271 e. The van der Waals surface area contributed by atoms with E-state index in [-0.39, 0.29) is 11.4 Å². The first-order valence-electron chi connectivity index (χ1n) is 6.65. The van der Waals surface area contributed by atoms with Crippen molar-refractivity contribution in [1.82, 2.24) is 9.47 Å². The van der Waals surface area contributed by atoms with E-state index in [2.05, 4.69) is 27.1 Å². The van der Waals surface area contributed by atoms with Gasteiger partial charge < -0.3 is 9.47 Å². The molecular formula is C15H21BrN2O. The standard InChI is InChI=1S/C15H21BrN2O/c1-5-8-18(15(2,3)4)14(19)13-9-11(16)10-17(13)12-6-7-12/h5,9-10,12H,1,6-8H2,2-4H3. The van der Waals surface area contributed by atoms with Gasteiger partial charge in [0.25, 0.3) is 5.91 Å². The Labute approximate surface area is 123 Å². The van der Waals surface area contributed by atoms with Gasteiger partial charge >= 0.3 is 0 Å². The molecule has 1 aliphatic carbocycles. The van der Waals surface area contributed by atoms with Gasteiger partial charge in [0.05, 0.1) is 0 Å². The van der Waals surface area contributed by atoms with Gasteiger partial charge in [0.1, 0.15) is 5.69 Å². The highest BCUT2D eigenvalue weighted by Crippen LogP contribution is 2.38. The van der Waals surface area contributed by atoms with Crippen molar-refractivity contribution in [3.63, 3.8) is 0 Å². The Morgan fingerprint density at radius 1 is 1.58 bits per heavy atom. The van der Waals surface area contributed by atoms with Crippen LogP contribution >= 0.6 is 15.9 Å². The number of aromatic nitrogens is 1. The van der Waals surface area contributed by atoms with E-state index in [4.69, 9.17) is 0 Å². The summed E-state index contributed by atoms with van der Waals surface area (Å²) in [6, 6.07) is 2.42. The molecule has 2 rings (SSSR count). The monoisotopic (exact) mass is 324 g/mol. The smallest absolute Gasteiger partial charge is 0.271 e. The van der Waals surface area contributed by atoms with E-state index in [0.29, 0.717) is 12.6 Å². The summed E-state index contributed by atoms with van der Waals surface area (Å²) in [6.07, 6.45) is 6.12. The number of carbonyl (C=O) groups excluding carboxylic acids is 1. The number of hydrogen-bond donors (Lipinski definition) is 0. The SMILES string of the molecule is C=CCN(C(=O)c1cc(Br)cn1C1CC1)C(C)(C)C. The lowest BCUT2D eigenvalue weighted by Gasteiger charge is -2.35. The van der Waals surface area contributed by atoms with Crippen LogP contribution in [0.5, 0.6) is 0 Å². The van der Waals surface area contributed by atoms with Crippen LogP contribution in [-0.4, -0.2) is 27.5 Å². The van der Waals surface area contributed by atoms with Crippen LogP contribution in [0.1, 0.15) is 50.1 Å². The van der Waals surface area contributed by atoms with Gasteiger partial charge in [0, 0.05) is 28.8 Å². The summed E-state index contributed by atoms with van der Waals surface area (Å²) in [7, 11) is 0. The van der Waals surface area contributed by atoms with E-state index in [0.717, 1.165) is 10.2 Å². The molecule has 0 bridgehead atoms. The fourth-order valence-electron chi connectivity index (χ4n) is 2.20. The zero-order valence-corrected chi connectivity index (χ0v) is 13.4. The average Bonchev–Trinajstić information content (AvgIpc) is 3.07. The Bertz CT molecular complexity index is 495. The maximum atomic E-state index is 12.8. The quantitative estimate of drug-likeness (QED) is 0.768. The second kappa shape index (κ2) is 5.16. The number of rotatable bonds is 4. The Hall–Kier alpha value is -1.03. The Kier molecular flexibility index (Phi) is 3.90. The molecule has 0 aromatic carbocycles. The van der Waals surface area contributed by atoms with E-state index in [9.17, 15) is 4.79 Å². The van der Waals surface area contributed by atoms with Crippen LogP contribution in [0.4, 0.5) is 0 Å². The van der Waals surface area contributed by atoms with Gasteiger partial charge in [-0.3, -0.25) is 4.79 Å². The molecule has 0 N–H and O–H groups in total. The summed E-state index contributed by atoms with van der Waals surface area (Å²) in [4.78, 5) is 14.6. The van der Waals surface area contributed by atoms with Gasteiger partial charge in [0.2, 0.25) is 0 Å². The highest BCUT2D eigenvalue weighted by Gasteiger charge is 2.32. The molecule has 0 spiro atoms. The highest BCUT2D eigenvalue weighted by atomic mass is 79.9. The van der Waals surface area contributed by atoms with E-state index < -0.39 is 0 Å². The van der Waals surface area contributed by atoms with E-state index in [1.807, 2.05) is 37.9 Å². The number of carbonyl (C=O) groups is 1. The molecule has 1 fully saturated rings. The van der Waals surface area contributed by atoms with Crippen LogP contribution < -0.4 is 0 Å². The third-order valence-electron chi connectivity index (χ3n) is 3.34. The lowest BCUT2D eigenvalue weighted by Crippen LogP contribution is -2.46. The van der Waals surface area contributed by atoms with Crippen LogP contribution in [-0.2, 0) is 0 Å². The van der Waals surface area contributed by atoms with Gasteiger partial charge in [-0.2, -0.15) is 0 Å². The molecule has 104 valence electrons. The minimum absolute atomic E-state index is 0.0741. The molecule has 0 aliphatic heterocycles. The van der Waals surface area contributed by atoms with E-state index in [1.54, 1.807) is 6.08 Å². The predicted molar refractivity (Wildman–Crippen MR) is 81.4 cm³/mol. The zero-order chi connectivity index (χ0) is 14.2. The fourth-order valence-corrected chi connectivity index (χ4v) is 2.64. The molecule has 19 heavy (non-hydrogen) atoms. The minimum Gasteiger partial charge on any atom is -0.339 e. The van der Waals surface area contributed by atoms with Gasteiger partial charge in [-0.25, -0.2) is 0 Å². The number of halogens is 1. The lowest BCUT2D eigenvalue weighted by molar-refractivity contribution is 0.0605.